The minimum Gasteiger partial charge on any atom is -0.479 e. The van der Waals surface area contributed by atoms with E-state index in [1.807, 2.05) is 0 Å². The Morgan fingerprint density at radius 3 is 2.63 bits per heavy atom. The summed E-state index contributed by atoms with van der Waals surface area (Å²) >= 11 is 0. The zero-order valence-corrected chi connectivity index (χ0v) is 19.4. The van der Waals surface area contributed by atoms with Crippen LogP contribution in [-0.2, 0) is 24.9 Å². The lowest BCUT2D eigenvalue weighted by Crippen LogP contribution is -2.46. The van der Waals surface area contributed by atoms with Crippen molar-refractivity contribution < 1.29 is 23.1 Å². The Hall–Kier alpha value is -3.69. The van der Waals surface area contributed by atoms with Crippen LogP contribution in [0.5, 0.6) is 0 Å². The fourth-order valence-electron chi connectivity index (χ4n) is 4.50. The molecule has 2 fully saturated rings. The minimum absolute atomic E-state index is 0.0100. The van der Waals surface area contributed by atoms with Gasteiger partial charge in [-0.15, -0.1) is 0 Å². The summed E-state index contributed by atoms with van der Waals surface area (Å²) in [7, 11) is -3.32. The van der Waals surface area contributed by atoms with E-state index in [1.54, 1.807) is 22.9 Å². The molecule has 1 aliphatic carbocycles. The van der Waals surface area contributed by atoms with Crippen molar-refractivity contribution in [3.05, 3.63) is 46.9 Å². The number of pyridine rings is 1. The number of aromatic nitrogens is 3. The van der Waals surface area contributed by atoms with Gasteiger partial charge in [0.05, 0.1) is 40.3 Å². The smallest absolute Gasteiger partial charge is 0.332 e. The number of anilines is 2. The van der Waals surface area contributed by atoms with Crippen molar-refractivity contribution in [2.75, 3.05) is 11.9 Å². The Labute approximate surface area is 200 Å². The second-order valence-electron chi connectivity index (χ2n) is 8.96. The molecule has 1 saturated carbocycles. The van der Waals surface area contributed by atoms with Crippen LogP contribution in [0.3, 0.4) is 0 Å². The van der Waals surface area contributed by atoms with Gasteiger partial charge in [-0.05, 0) is 56.0 Å². The summed E-state index contributed by atoms with van der Waals surface area (Å²) in [6.45, 7) is -0.0474. The van der Waals surface area contributed by atoms with Gasteiger partial charge in [0.15, 0.2) is 21.8 Å². The zero-order valence-electron chi connectivity index (χ0n) is 18.6. The Morgan fingerprint density at radius 2 is 2.03 bits per heavy atom. The molecule has 11 nitrogen and oxygen atoms in total. The van der Waals surface area contributed by atoms with E-state index in [1.165, 1.54) is 18.3 Å². The predicted octanol–water partition coefficient (Wildman–Crippen LogP) is 2.28. The summed E-state index contributed by atoms with van der Waals surface area (Å²) in [5.41, 5.74) is -0.336. The molecule has 2 aromatic heterocycles. The van der Waals surface area contributed by atoms with E-state index in [4.69, 9.17) is 4.74 Å². The van der Waals surface area contributed by atoms with Crippen LogP contribution < -0.4 is 10.9 Å². The molecule has 12 heteroatoms. The van der Waals surface area contributed by atoms with E-state index in [9.17, 15) is 28.4 Å². The first-order valence-electron chi connectivity index (χ1n) is 11.2. The molecule has 0 radical (unpaired) electrons. The number of nitriles is 1. The molecule has 2 aliphatic rings. The molecule has 0 amide bonds. The van der Waals surface area contributed by atoms with Crippen LogP contribution in [0.1, 0.15) is 32.1 Å². The monoisotopic (exact) mass is 497 g/mol. The Bertz CT molecular complexity index is 1490. The fourth-order valence-corrected chi connectivity index (χ4v) is 6.15. The van der Waals surface area contributed by atoms with Gasteiger partial charge in [0, 0.05) is 11.9 Å². The van der Waals surface area contributed by atoms with E-state index in [-0.39, 0.29) is 40.8 Å². The number of sulfone groups is 1. The average Bonchev–Trinajstić information content (AvgIpc) is 3.63. The first-order chi connectivity index (χ1) is 16.7. The summed E-state index contributed by atoms with van der Waals surface area (Å²) in [5.74, 6) is -0.829. The Kier molecular flexibility index (Phi) is 5.61. The summed E-state index contributed by atoms with van der Waals surface area (Å²) in [6, 6.07) is 10.1. The molecule has 2 atom stereocenters. The van der Waals surface area contributed by atoms with Gasteiger partial charge >= 0.3 is 5.97 Å². The molecule has 0 spiro atoms. The molecule has 3 aromatic rings. The number of ether oxygens (including phenoxy) is 1. The lowest BCUT2D eigenvalue weighted by atomic mass is 9.87. The second-order valence-corrected chi connectivity index (χ2v) is 11.2. The third-order valence-electron chi connectivity index (χ3n) is 6.57. The molecule has 1 saturated heterocycles. The first-order valence-corrected chi connectivity index (χ1v) is 12.7. The third-order valence-corrected chi connectivity index (χ3v) is 8.85. The van der Waals surface area contributed by atoms with Gasteiger partial charge in [-0.1, -0.05) is 0 Å². The van der Waals surface area contributed by atoms with E-state index >= 15 is 0 Å². The predicted molar refractivity (Wildman–Crippen MR) is 125 cm³/mol. The molecule has 3 heterocycles. The maximum Gasteiger partial charge on any atom is 0.332 e. The number of carboxylic acid groups (broad SMARTS) is 1. The number of rotatable bonds is 7. The number of aliphatic carboxylic acids is 1. The van der Waals surface area contributed by atoms with Gasteiger partial charge in [0.1, 0.15) is 5.39 Å². The van der Waals surface area contributed by atoms with Crippen LogP contribution in [0.15, 0.2) is 46.2 Å². The van der Waals surface area contributed by atoms with Crippen molar-refractivity contribution in [2.45, 2.75) is 53.9 Å². The molecular formula is C23H23N5O6S. The standard InChI is InChI=1S/C23H23N5O6S/c24-11-10-23(9-7-18(22(30)31)34-13-23)28-17-8-12-25-21(29)19(17)20(27-28)26-14-1-3-15(4-2-14)35(32,33)16-5-6-16/h1-4,8,12,16,18H,5-7,9-10,13H2,(H,25,29)(H,26,27)(H,30,31). The molecular weight excluding hydrogens is 474 g/mol. The number of hydrogen-bond acceptors (Lipinski definition) is 8. The van der Waals surface area contributed by atoms with Gasteiger partial charge in [0.2, 0.25) is 0 Å². The maximum atomic E-state index is 12.8. The minimum atomic E-state index is -3.32. The molecule has 182 valence electrons. The van der Waals surface area contributed by atoms with Gasteiger partial charge < -0.3 is 20.1 Å². The topological polar surface area (TPSA) is 167 Å². The highest BCUT2D eigenvalue weighted by Gasteiger charge is 2.42. The normalized spacial score (nSPS) is 22.5. The number of fused-ring (bicyclic) bond motifs is 1. The maximum absolute atomic E-state index is 12.8. The van der Waals surface area contributed by atoms with Crippen molar-refractivity contribution in [1.82, 2.24) is 14.8 Å². The lowest BCUT2D eigenvalue weighted by molar-refractivity contribution is -0.158. The van der Waals surface area contributed by atoms with Crippen molar-refractivity contribution in [2.24, 2.45) is 0 Å². The van der Waals surface area contributed by atoms with E-state index in [2.05, 4.69) is 21.5 Å². The zero-order chi connectivity index (χ0) is 24.8. The van der Waals surface area contributed by atoms with Crippen molar-refractivity contribution in [3.63, 3.8) is 0 Å². The fraction of sp³-hybridized carbons (Fsp3) is 0.391. The van der Waals surface area contributed by atoms with E-state index in [0.29, 0.717) is 30.5 Å². The highest BCUT2D eigenvalue weighted by Crippen LogP contribution is 2.37. The first kappa shape index (κ1) is 23.1. The molecule has 1 aliphatic heterocycles. The highest BCUT2D eigenvalue weighted by atomic mass is 32.2. The molecule has 5 rings (SSSR count). The molecule has 2 unspecified atom stereocenters. The van der Waals surface area contributed by atoms with Crippen molar-refractivity contribution in [3.8, 4) is 6.07 Å². The number of carboxylic acids is 1. The highest BCUT2D eigenvalue weighted by molar-refractivity contribution is 7.92. The van der Waals surface area contributed by atoms with Crippen molar-refractivity contribution in [1.29, 1.82) is 5.26 Å². The van der Waals surface area contributed by atoms with Gasteiger partial charge in [-0.2, -0.15) is 10.4 Å². The van der Waals surface area contributed by atoms with Crippen LogP contribution >= 0.6 is 0 Å². The third kappa shape index (κ3) is 4.06. The number of H-pyrrole nitrogens is 1. The summed E-state index contributed by atoms with van der Waals surface area (Å²) in [4.78, 5) is 27.0. The van der Waals surface area contributed by atoms with Crippen LogP contribution in [0.2, 0.25) is 0 Å². The lowest BCUT2D eigenvalue weighted by Gasteiger charge is -2.38. The van der Waals surface area contributed by atoms with E-state index < -0.39 is 33.0 Å². The van der Waals surface area contributed by atoms with Crippen LogP contribution in [0.25, 0.3) is 10.9 Å². The quantitative estimate of drug-likeness (QED) is 0.443. The average molecular weight is 498 g/mol. The number of hydrogen-bond donors (Lipinski definition) is 3. The number of nitrogens with zero attached hydrogens (tertiary/aromatic N) is 3. The molecule has 35 heavy (non-hydrogen) atoms. The number of nitrogens with one attached hydrogen (secondary N) is 2. The number of aromatic amines is 1. The Morgan fingerprint density at radius 1 is 1.29 bits per heavy atom. The van der Waals surface area contributed by atoms with Gasteiger partial charge in [-0.25, -0.2) is 13.2 Å². The summed E-state index contributed by atoms with van der Waals surface area (Å²) < 4.78 is 32.1. The van der Waals surface area contributed by atoms with Crippen LogP contribution in [-0.4, -0.2) is 52.2 Å². The summed E-state index contributed by atoms with van der Waals surface area (Å²) in [6.07, 6.45) is 2.40. The van der Waals surface area contributed by atoms with Crippen LogP contribution in [0, 0.1) is 11.3 Å². The SMILES string of the molecule is N#CCC1(n2nc(Nc3ccc(S(=O)(=O)C4CC4)cc3)c3c(=O)[nH]ccc32)CCC(C(=O)O)OC1. The van der Waals surface area contributed by atoms with Crippen LogP contribution in [0.4, 0.5) is 11.5 Å². The molecule has 0 bridgehead atoms. The molecule has 3 N–H and O–H groups in total. The molecule has 1 aromatic carbocycles. The number of benzene rings is 1. The van der Waals surface area contributed by atoms with Gasteiger partial charge in [-0.3, -0.25) is 9.48 Å². The van der Waals surface area contributed by atoms with Crippen molar-refractivity contribution >= 4 is 38.2 Å². The van der Waals surface area contributed by atoms with Gasteiger partial charge in [0.25, 0.3) is 5.56 Å². The Balaban J connectivity index is 1.52. The largest absolute Gasteiger partial charge is 0.479 e. The number of carbonyl (C=O) groups is 1. The summed E-state index contributed by atoms with van der Waals surface area (Å²) in [5, 5.41) is 26.5. The second kappa shape index (κ2) is 8.51. The van der Waals surface area contributed by atoms with E-state index in [0.717, 1.165) is 0 Å².